The number of aryl methyl sites for hydroxylation is 1. The van der Waals surface area contributed by atoms with Crippen molar-refractivity contribution in [3.05, 3.63) is 58.1 Å². The SMILES string of the molecule is O=Cc1ccc(Br)cc1N1CCCc2ccccc21. The maximum absolute atomic E-state index is 11.3. The molecule has 1 aliphatic rings. The fraction of sp³-hybridized carbons (Fsp3) is 0.188. The lowest BCUT2D eigenvalue weighted by Gasteiger charge is -2.32. The maximum atomic E-state index is 11.3. The lowest BCUT2D eigenvalue weighted by Crippen LogP contribution is -2.25. The molecule has 0 saturated heterocycles. The highest BCUT2D eigenvalue weighted by atomic mass is 79.9. The van der Waals surface area contributed by atoms with Crippen LogP contribution in [0, 0.1) is 0 Å². The van der Waals surface area contributed by atoms with Crippen LogP contribution >= 0.6 is 15.9 Å². The van der Waals surface area contributed by atoms with E-state index in [-0.39, 0.29) is 0 Å². The number of hydrogen-bond donors (Lipinski definition) is 0. The third-order valence-electron chi connectivity index (χ3n) is 3.52. The minimum Gasteiger partial charge on any atom is -0.341 e. The maximum Gasteiger partial charge on any atom is 0.152 e. The Balaban J connectivity index is 2.13. The topological polar surface area (TPSA) is 20.3 Å². The monoisotopic (exact) mass is 315 g/mol. The van der Waals surface area contributed by atoms with E-state index in [1.165, 1.54) is 11.3 Å². The highest BCUT2D eigenvalue weighted by Crippen LogP contribution is 2.35. The van der Waals surface area contributed by atoms with Crippen LogP contribution in [-0.4, -0.2) is 12.8 Å². The largest absolute Gasteiger partial charge is 0.341 e. The molecule has 0 spiro atoms. The first-order valence-electron chi connectivity index (χ1n) is 6.40. The number of carbonyl (C=O) groups is 1. The predicted molar refractivity (Wildman–Crippen MR) is 81.3 cm³/mol. The first-order chi connectivity index (χ1) is 9.29. The Kier molecular flexibility index (Phi) is 3.38. The van der Waals surface area contributed by atoms with E-state index >= 15 is 0 Å². The van der Waals surface area contributed by atoms with Gasteiger partial charge in [0.15, 0.2) is 6.29 Å². The van der Waals surface area contributed by atoms with E-state index in [4.69, 9.17) is 0 Å². The van der Waals surface area contributed by atoms with Crippen LogP contribution < -0.4 is 4.90 Å². The third-order valence-corrected chi connectivity index (χ3v) is 4.01. The molecule has 0 N–H and O–H groups in total. The number of para-hydroxylation sites is 1. The van der Waals surface area contributed by atoms with Gasteiger partial charge in [-0.15, -0.1) is 0 Å². The highest BCUT2D eigenvalue weighted by Gasteiger charge is 2.19. The number of anilines is 2. The number of halogens is 1. The van der Waals surface area contributed by atoms with E-state index in [0.29, 0.717) is 0 Å². The lowest BCUT2D eigenvalue weighted by atomic mass is 10.0. The molecule has 2 aromatic carbocycles. The van der Waals surface area contributed by atoms with Crippen LogP contribution in [0.3, 0.4) is 0 Å². The summed E-state index contributed by atoms with van der Waals surface area (Å²) in [6.45, 7) is 0.953. The average molecular weight is 316 g/mol. The minimum atomic E-state index is 0.736. The number of aldehydes is 1. The molecule has 1 heterocycles. The Bertz CT molecular complexity index is 624. The molecule has 1 aliphatic heterocycles. The summed E-state index contributed by atoms with van der Waals surface area (Å²) in [7, 11) is 0. The Morgan fingerprint density at radius 3 is 2.79 bits per heavy atom. The standard InChI is InChI=1S/C16H14BrNO/c17-14-8-7-13(11-19)16(10-14)18-9-3-5-12-4-1-2-6-15(12)18/h1-2,4,6-8,10-11H,3,5,9H2. The zero-order valence-corrected chi connectivity index (χ0v) is 12.1. The molecule has 96 valence electrons. The molecule has 0 bridgehead atoms. The second-order valence-electron chi connectivity index (χ2n) is 4.70. The molecular formula is C16H14BrNO. The van der Waals surface area contributed by atoms with Gasteiger partial charge >= 0.3 is 0 Å². The van der Waals surface area contributed by atoms with Gasteiger partial charge in [-0.25, -0.2) is 0 Å². The van der Waals surface area contributed by atoms with Gasteiger partial charge in [-0.2, -0.15) is 0 Å². The second-order valence-corrected chi connectivity index (χ2v) is 5.62. The van der Waals surface area contributed by atoms with E-state index < -0.39 is 0 Å². The van der Waals surface area contributed by atoms with Gasteiger partial charge in [0.25, 0.3) is 0 Å². The van der Waals surface area contributed by atoms with Crippen LogP contribution in [0.15, 0.2) is 46.9 Å². The first-order valence-corrected chi connectivity index (χ1v) is 7.19. The van der Waals surface area contributed by atoms with Gasteiger partial charge < -0.3 is 4.90 Å². The van der Waals surface area contributed by atoms with Crippen LogP contribution in [0.2, 0.25) is 0 Å². The van der Waals surface area contributed by atoms with Crippen molar-refractivity contribution in [2.75, 3.05) is 11.4 Å². The molecule has 0 saturated carbocycles. The molecular weight excluding hydrogens is 302 g/mol. The average Bonchev–Trinajstić information content (AvgIpc) is 2.46. The molecule has 0 aliphatic carbocycles. The van der Waals surface area contributed by atoms with Crippen LogP contribution in [0.1, 0.15) is 22.3 Å². The Morgan fingerprint density at radius 2 is 1.95 bits per heavy atom. The van der Waals surface area contributed by atoms with Crippen LogP contribution in [-0.2, 0) is 6.42 Å². The van der Waals surface area contributed by atoms with Crippen LogP contribution in [0.5, 0.6) is 0 Å². The molecule has 2 aromatic rings. The Hall–Kier alpha value is -1.61. The van der Waals surface area contributed by atoms with E-state index in [1.807, 2.05) is 18.2 Å². The highest BCUT2D eigenvalue weighted by molar-refractivity contribution is 9.10. The van der Waals surface area contributed by atoms with E-state index in [0.717, 1.165) is 41.4 Å². The molecule has 0 radical (unpaired) electrons. The summed E-state index contributed by atoms with van der Waals surface area (Å²) >= 11 is 3.49. The second kappa shape index (κ2) is 5.17. The van der Waals surface area contributed by atoms with Gasteiger partial charge in [0.05, 0.1) is 5.69 Å². The van der Waals surface area contributed by atoms with Gasteiger partial charge in [-0.05, 0) is 42.7 Å². The van der Waals surface area contributed by atoms with Crippen molar-refractivity contribution in [3.8, 4) is 0 Å². The fourth-order valence-corrected chi connectivity index (χ4v) is 2.98. The van der Waals surface area contributed by atoms with E-state index in [9.17, 15) is 4.79 Å². The van der Waals surface area contributed by atoms with Crippen molar-refractivity contribution in [2.45, 2.75) is 12.8 Å². The number of hydrogen-bond acceptors (Lipinski definition) is 2. The third kappa shape index (κ3) is 2.30. The number of nitrogens with zero attached hydrogens (tertiary/aromatic N) is 1. The first kappa shape index (κ1) is 12.4. The summed E-state index contributed by atoms with van der Waals surface area (Å²) in [6.07, 6.45) is 3.15. The van der Waals surface area contributed by atoms with Gasteiger partial charge in [-0.3, -0.25) is 4.79 Å². The molecule has 2 nitrogen and oxygen atoms in total. The van der Waals surface area contributed by atoms with Gasteiger partial charge in [-0.1, -0.05) is 34.1 Å². The Labute approximate surface area is 121 Å². The summed E-state index contributed by atoms with van der Waals surface area (Å²) < 4.78 is 0.996. The molecule has 0 atom stereocenters. The molecule has 0 unspecified atom stereocenters. The molecule has 19 heavy (non-hydrogen) atoms. The summed E-state index contributed by atoms with van der Waals surface area (Å²) in [4.78, 5) is 13.5. The quantitative estimate of drug-likeness (QED) is 0.768. The summed E-state index contributed by atoms with van der Waals surface area (Å²) in [5.74, 6) is 0. The normalized spacial score (nSPS) is 14.1. The van der Waals surface area contributed by atoms with Crippen molar-refractivity contribution in [1.82, 2.24) is 0 Å². The molecule has 0 amide bonds. The summed E-state index contributed by atoms with van der Waals surface area (Å²) in [6, 6.07) is 14.2. The van der Waals surface area contributed by atoms with Crippen molar-refractivity contribution < 1.29 is 4.79 Å². The van der Waals surface area contributed by atoms with Gasteiger partial charge in [0.1, 0.15) is 0 Å². The van der Waals surface area contributed by atoms with Crippen LogP contribution in [0.4, 0.5) is 11.4 Å². The van der Waals surface area contributed by atoms with Crippen molar-refractivity contribution in [2.24, 2.45) is 0 Å². The van der Waals surface area contributed by atoms with Gasteiger partial charge in [0, 0.05) is 22.3 Å². The van der Waals surface area contributed by atoms with Gasteiger partial charge in [0.2, 0.25) is 0 Å². The molecule has 0 fully saturated rings. The number of fused-ring (bicyclic) bond motifs is 1. The lowest BCUT2D eigenvalue weighted by molar-refractivity contribution is 0.112. The zero-order chi connectivity index (χ0) is 13.2. The minimum absolute atomic E-state index is 0.736. The number of benzene rings is 2. The Morgan fingerprint density at radius 1 is 1.11 bits per heavy atom. The van der Waals surface area contributed by atoms with Crippen molar-refractivity contribution in [1.29, 1.82) is 0 Å². The predicted octanol–water partition coefficient (Wildman–Crippen LogP) is 4.35. The number of carbonyl (C=O) groups excluding carboxylic acids is 1. The zero-order valence-electron chi connectivity index (χ0n) is 10.5. The van der Waals surface area contributed by atoms with E-state index in [2.05, 4.69) is 45.1 Å². The molecule has 0 aromatic heterocycles. The smallest absolute Gasteiger partial charge is 0.152 e. The van der Waals surface area contributed by atoms with Crippen molar-refractivity contribution in [3.63, 3.8) is 0 Å². The van der Waals surface area contributed by atoms with Crippen LogP contribution in [0.25, 0.3) is 0 Å². The van der Waals surface area contributed by atoms with E-state index in [1.54, 1.807) is 0 Å². The molecule has 3 rings (SSSR count). The molecule has 3 heteroatoms. The number of rotatable bonds is 2. The summed E-state index contributed by atoms with van der Waals surface area (Å²) in [5.41, 5.74) is 4.29. The van der Waals surface area contributed by atoms with Crippen molar-refractivity contribution >= 4 is 33.6 Å². The summed E-state index contributed by atoms with van der Waals surface area (Å²) in [5, 5.41) is 0. The fourth-order valence-electron chi connectivity index (χ4n) is 2.63.